The molecule has 1 heterocycles. The van der Waals surface area contributed by atoms with Gasteiger partial charge in [-0.05, 0) is 18.4 Å². The third kappa shape index (κ3) is 13.0. The Labute approximate surface area is 205 Å². The zero-order valence-electron chi connectivity index (χ0n) is 22.1. The number of unbranched alkanes of at least 4 members (excludes halogenated alkanes) is 17. The molecule has 186 valence electrons. The van der Waals surface area contributed by atoms with Crippen LogP contribution in [-0.2, 0) is 13.1 Å². The molecule has 0 unspecified atom stereocenters. The number of nitrogens with zero attached hydrogens (tertiary/aromatic N) is 2. The Hall–Kier alpha value is -1.57. The number of rotatable bonds is 21. The second kappa shape index (κ2) is 18.8. The average molecular weight is 454 g/mol. The minimum absolute atomic E-state index is 0.971. The molecular formula is C31H53N2+. The van der Waals surface area contributed by atoms with Crippen molar-refractivity contribution in [3.8, 4) is 0 Å². The van der Waals surface area contributed by atoms with Crippen LogP contribution in [0.1, 0.15) is 134 Å². The van der Waals surface area contributed by atoms with Crippen LogP contribution in [0.25, 0.3) is 0 Å². The minimum Gasteiger partial charge on any atom is -0.234 e. The lowest BCUT2D eigenvalue weighted by molar-refractivity contribution is -0.694. The van der Waals surface area contributed by atoms with Gasteiger partial charge in [0.05, 0.1) is 6.54 Å². The Kier molecular flexibility index (Phi) is 15.8. The van der Waals surface area contributed by atoms with Crippen LogP contribution in [0.5, 0.6) is 0 Å². The number of aromatic nitrogens is 2. The van der Waals surface area contributed by atoms with Gasteiger partial charge in [0.2, 0.25) is 0 Å². The van der Waals surface area contributed by atoms with Crippen molar-refractivity contribution in [2.75, 3.05) is 0 Å². The maximum Gasteiger partial charge on any atom is 0.253 e. The molecule has 2 nitrogen and oxygen atoms in total. The van der Waals surface area contributed by atoms with Gasteiger partial charge in [0.25, 0.3) is 5.82 Å². The predicted molar refractivity (Wildman–Crippen MR) is 144 cm³/mol. The molecule has 0 N–H and O–H groups in total. The topological polar surface area (TPSA) is 8.81 Å². The molecule has 0 radical (unpaired) electrons. The lowest BCUT2D eigenvalue weighted by Crippen LogP contribution is -2.36. The number of imidazole rings is 1. The minimum atomic E-state index is 0.971. The molecule has 0 saturated carbocycles. The van der Waals surface area contributed by atoms with Gasteiger partial charge in [-0.15, -0.1) is 0 Å². The zero-order chi connectivity index (χ0) is 23.4. The molecule has 1 aromatic carbocycles. The van der Waals surface area contributed by atoms with Crippen LogP contribution in [0.15, 0.2) is 42.7 Å². The molecule has 0 saturated heterocycles. The van der Waals surface area contributed by atoms with E-state index in [-0.39, 0.29) is 0 Å². The van der Waals surface area contributed by atoms with E-state index >= 15 is 0 Å². The summed E-state index contributed by atoms with van der Waals surface area (Å²) in [5.41, 5.74) is 1.37. The van der Waals surface area contributed by atoms with E-state index in [1.54, 1.807) is 0 Å². The van der Waals surface area contributed by atoms with Gasteiger partial charge in [0.1, 0.15) is 18.9 Å². The van der Waals surface area contributed by atoms with Crippen molar-refractivity contribution >= 4 is 0 Å². The van der Waals surface area contributed by atoms with Crippen LogP contribution in [0.4, 0.5) is 0 Å². The predicted octanol–water partition coefficient (Wildman–Crippen LogP) is 9.17. The summed E-state index contributed by atoms with van der Waals surface area (Å²) in [5.74, 6) is 1.37. The van der Waals surface area contributed by atoms with Crippen LogP contribution < -0.4 is 4.57 Å². The number of hydrogen-bond donors (Lipinski definition) is 0. The highest BCUT2D eigenvalue weighted by Crippen LogP contribution is 2.14. The summed E-state index contributed by atoms with van der Waals surface area (Å²) in [6.07, 6.45) is 30.4. The molecule has 0 aliphatic rings. The first kappa shape index (κ1) is 27.7. The first-order valence-electron chi connectivity index (χ1n) is 14.4. The van der Waals surface area contributed by atoms with Gasteiger partial charge in [-0.1, -0.05) is 140 Å². The lowest BCUT2D eigenvalue weighted by Gasteiger charge is -2.04. The molecule has 0 bridgehead atoms. The molecule has 0 atom stereocenters. The highest BCUT2D eigenvalue weighted by atomic mass is 15.1. The smallest absolute Gasteiger partial charge is 0.234 e. The van der Waals surface area contributed by atoms with Crippen LogP contribution in [0.3, 0.4) is 0 Å². The van der Waals surface area contributed by atoms with Crippen LogP contribution >= 0.6 is 0 Å². The number of aryl methyl sites for hydroxylation is 1. The summed E-state index contributed by atoms with van der Waals surface area (Å²) in [5, 5.41) is 0. The quantitative estimate of drug-likeness (QED) is 0.132. The molecule has 0 amide bonds. The van der Waals surface area contributed by atoms with E-state index in [1.165, 1.54) is 127 Å². The van der Waals surface area contributed by atoms with Crippen LogP contribution in [0, 0.1) is 6.92 Å². The average Bonchev–Trinajstić information content (AvgIpc) is 3.18. The van der Waals surface area contributed by atoms with Crippen molar-refractivity contribution in [3.05, 3.63) is 54.1 Å². The second-order valence-corrected chi connectivity index (χ2v) is 10.2. The molecule has 0 spiro atoms. The summed E-state index contributed by atoms with van der Waals surface area (Å²) in [6.45, 7) is 6.68. The first-order chi connectivity index (χ1) is 16.3. The molecule has 1 aromatic heterocycles. The monoisotopic (exact) mass is 453 g/mol. The second-order valence-electron chi connectivity index (χ2n) is 10.2. The zero-order valence-corrected chi connectivity index (χ0v) is 22.1. The van der Waals surface area contributed by atoms with Crippen molar-refractivity contribution < 1.29 is 4.57 Å². The van der Waals surface area contributed by atoms with E-state index in [0.29, 0.717) is 0 Å². The molecular weight excluding hydrogens is 400 g/mol. The van der Waals surface area contributed by atoms with Gasteiger partial charge in [0.15, 0.2) is 0 Å². The number of hydrogen-bond acceptors (Lipinski definition) is 0. The Morgan fingerprint density at radius 3 is 1.55 bits per heavy atom. The number of benzene rings is 1. The molecule has 0 aliphatic heterocycles. The van der Waals surface area contributed by atoms with Gasteiger partial charge in [-0.25, -0.2) is 9.13 Å². The van der Waals surface area contributed by atoms with E-state index < -0.39 is 0 Å². The summed E-state index contributed by atoms with van der Waals surface area (Å²) < 4.78 is 4.79. The maximum absolute atomic E-state index is 2.43. The summed E-state index contributed by atoms with van der Waals surface area (Å²) >= 11 is 0. The molecule has 0 fully saturated rings. The van der Waals surface area contributed by atoms with Gasteiger partial charge in [-0.2, -0.15) is 0 Å². The largest absolute Gasteiger partial charge is 0.253 e. The van der Waals surface area contributed by atoms with E-state index in [1.807, 2.05) is 0 Å². The van der Waals surface area contributed by atoms with E-state index in [0.717, 1.165) is 13.1 Å². The van der Waals surface area contributed by atoms with Gasteiger partial charge >= 0.3 is 0 Å². The molecule has 2 rings (SSSR count). The normalized spacial score (nSPS) is 11.3. The van der Waals surface area contributed by atoms with Crippen LogP contribution in [-0.4, -0.2) is 4.57 Å². The van der Waals surface area contributed by atoms with E-state index in [9.17, 15) is 0 Å². The fourth-order valence-corrected chi connectivity index (χ4v) is 4.91. The van der Waals surface area contributed by atoms with Crippen molar-refractivity contribution in [2.45, 2.75) is 143 Å². The first-order valence-corrected chi connectivity index (χ1v) is 14.4. The Bertz CT molecular complexity index is 688. The summed E-state index contributed by atoms with van der Waals surface area (Å²) in [6, 6.07) is 10.8. The van der Waals surface area contributed by atoms with Gasteiger partial charge < -0.3 is 0 Å². The highest BCUT2D eigenvalue weighted by molar-refractivity contribution is 5.13. The third-order valence-electron chi connectivity index (χ3n) is 7.21. The molecule has 2 heteroatoms. The fraction of sp³-hybridized carbons (Fsp3) is 0.710. The van der Waals surface area contributed by atoms with Crippen molar-refractivity contribution in [1.82, 2.24) is 4.57 Å². The van der Waals surface area contributed by atoms with Crippen molar-refractivity contribution in [1.29, 1.82) is 0 Å². The molecule has 33 heavy (non-hydrogen) atoms. The SMILES string of the molecule is CCCCCCCCCCCCCCCCCCCCn1cc[n+](Cc2ccccc2)c1C. The molecule has 0 aliphatic carbocycles. The fourth-order valence-electron chi connectivity index (χ4n) is 4.91. The Morgan fingerprint density at radius 2 is 1.06 bits per heavy atom. The van der Waals surface area contributed by atoms with Crippen LogP contribution in [0.2, 0.25) is 0 Å². The van der Waals surface area contributed by atoms with Gasteiger partial charge in [-0.3, -0.25) is 0 Å². The lowest BCUT2D eigenvalue weighted by atomic mass is 10.0. The maximum atomic E-state index is 2.43. The summed E-state index contributed by atoms with van der Waals surface area (Å²) in [4.78, 5) is 0. The highest BCUT2D eigenvalue weighted by Gasteiger charge is 2.11. The van der Waals surface area contributed by atoms with Crippen molar-refractivity contribution in [3.63, 3.8) is 0 Å². The van der Waals surface area contributed by atoms with Gasteiger partial charge in [0, 0.05) is 6.92 Å². The Morgan fingerprint density at radius 1 is 0.606 bits per heavy atom. The van der Waals surface area contributed by atoms with Crippen molar-refractivity contribution in [2.24, 2.45) is 0 Å². The third-order valence-corrected chi connectivity index (χ3v) is 7.21. The van der Waals surface area contributed by atoms with E-state index in [2.05, 4.69) is 65.7 Å². The summed E-state index contributed by atoms with van der Waals surface area (Å²) in [7, 11) is 0. The van der Waals surface area contributed by atoms with E-state index in [4.69, 9.17) is 0 Å². The standard InChI is InChI=1S/C31H53N2/c1-3-4-5-6-7-8-9-10-11-12-13-14-15-16-17-18-19-23-26-32-27-28-33(30(32)2)29-31-24-21-20-22-25-31/h20-22,24-25,27-28H,3-19,23,26,29H2,1-2H3/q+1. The molecule has 2 aromatic rings. The Balaban J connectivity index is 1.36.